The summed E-state index contributed by atoms with van der Waals surface area (Å²) >= 11 is 0. The maximum absolute atomic E-state index is 4.33. The Morgan fingerprint density at radius 3 is 2.08 bits per heavy atom. The van der Waals surface area contributed by atoms with Crippen molar-refractivity contribution in [1.82, 2.24) is 14.5 Å². The minimum atomic E-state index is 0.571. The molecule has 1 aliphatic carbocycles. The second-order valence-electron chi connectivity index (χ2n) is 7.70. The molecule has 3 aromatic rings. The van der Waals surface area contributed by atoms with Gasteiger partial charge in [-0.2, -0.15) is 0 Å². The second-order valence-corrected chi connectivity index (χ2v) is 7.70. The topological polar surface area (TPSA) is 30.7 Å². The van der Waals surface area contributed by atoms with Gasteiger partial charge >= 0.3 is 0 Å². The fourth-order valence-corrected chi connectivity index (χ4v) is 3.80. The first kappa shape index (κ1) is 16.1. The molecule has 3 heteroatoms. The van der Waals surface area contributed by atoms with Gasteiger partial charge in [0, 0.05) is 41.3 Å². The summed E-state index contributed by atoms with van der Waals surface area (Å²) in [6.07, 6.45) is 13.7. The molecule has 3 nitrogen and oxygen atoms in total. The number of hydrogen-bond donors (Lipinski definition) is 0. The molecule has 1 unspecified atom stereocenters. The van der Waals surface area contributed by atoms with Gasteiger partial charge in [-0.05, 0) is 42.4 Å². The van der Waals surface area contributed by atoms with E-state index in [2.05, 4.69) is 66.5 Å². The number of fused-ring (bicyclic) bond motifs is 3. The number of aromatic nitrogens is 3. The van der Waals surface area contributed by atoms with Crippen LogP contribution in [0.25, 0.3) is 27.5 Å². The van der Waals surface area contributed by atoms with Gasteiger partial charge in [0.15, 0.2) is 0 Å². The molecule has 25 heavy (non-hydrogen) atoms. The summed E-state index contributed by atoms with van der Waals surface area (Å²) in [4.78, 5) is 8.66. The first-order valence-corrected chi connectivity index (χ1v) is 9.17. The van der Waals surface area contributed by atoms with Crippen molar-refractivity contribution in [3.05, 3.63) is 54.6 Å². The van der Waals surface area contributed by atoms with Crippen LogP contribution in [0, 0.1) is 17.8 Å². The summed E-state index contributed by atoms with van der Waals surface area (Å²) in [5.74, 6) is 1.78. The Labute approximate surface area is 149 Å². The van der Waals surface area contributed by atoms with Crippen LogP contribution in [0.1, 0.15) is 34.1 Å². The lowest BCUT2D eigenvalue weighted by Crippen LogP contribution is -2.15. The molecular formula is C22H25N3. The Balaban J connectivity index is 2.01. The minimum Gasteiger partial charge on any atom is -0.309 e. The predicted octanol–water partition coefficient (Wildman–Crippen LogP) is 5.68. The monoisotopic (exact) mass is 331 g/mol. The molecule has 0 aromatic carbocycles. The van der Waals surface area contributed by atoms with Gasteiger partial charge in [0.1, 0.15) is 0 Å². The van der Waals surface area contributed by atoms with Crippen molar-refractivity contribution < 1.29 is 0 Å². The molecule has 0 spiro atoms. The molecule has 0 fully saturated rings. The fraction of sp³-hybridized carbons (Fsp3) is 0.364. The molecule has 0 amide bonds. The predicted molar refractivity (Wildman–Crippen MR) is 105 cm³/mol. The first-order valence-electron chi connectivity index (χ1n) is 9.17. The Hall–Kier alpha value is -2.42. The molecule has 3 heterocycles. The Morgan fingerprint density at radius 1 is 0.960 bits per heavy atom. The molecule has 0 aliphatic heterocycles. The van der Waals surface area contributed by atoms with E-state index in [4.69, 9.17) is 0 Å². The van der Waals surface area contributed by atoms with Crippen LogP contribution in [0.5, 0.6) is 0 Å². The zero-order valence-corrected chi connectivity index (χ0v) is 15.4. The molecule has 128 valence electrons. The molecule has 0 N–H and O–H groups in total. The highest BCUT2D eigenvalue weighted by molar-refractivity contribution is 6.09. The van der Waals surface area contributed by atoms with E-state index >= 15 is 0 Å². The van der Waals surface area contributed by atoms with Crippen LogP contribution in [0.4, 0.5) is 0 Å². The lowest BCUT2D eigenvalue weighted by atomic mass is 9.81. The highest BCUT2D eigenvalue weighted by atomic mass is 15.0. The zero-order chi connectivity index (χ0) is 17.6. The van der Waals surface area contributed by atoms with Crippen LogP contribution in [0.15, 0.2) is 54.6 Å². The molecule has 4 rings (SSSR count). The largest absolute Gasteiger partial charge is 0.309 e. The highest BCUT2D eigenvalue weighted by Gasteiger charge is 2.22. The molecule has 0 bridgehead atoms. The van der Waals surface area contributed by atoms with Crippen LogP contribution in [-0.4, -0.2) is 14.5 Å². The van der Waals surface area contributed by atoms with Crippen molar-refractivity contribution >= 4 is 27.5 Å². The van der Waals surface area contributed by atoms with Crippen molar-refractivity contribution in [1.29, 1.82) is 0 Å². The summed E-state index contributed by atoms with van der Waals surface area (Å²) in [6.45, 7) is 9.24. The van der Waals surface area contributed by atoms with Crippen LogP contribution in [-0.2, 0) is 0 Å². The van der Waals surface area contributed by atoms with Gasteiger partial charge in [0.25, 0.3) is 0 Å². The summed E-state index contributed by atoms with van der Waals surface area (Å²) in [6, 6.07) is 4.22. The Morgan fingerprint density at radius 2 is 1.56 bits per heavy atom. The lowest BCUT2D eigenvalue weighted by molar-refractivity contribution is 0.443. The average molecular weight is 331 g/mol. The summed E-state index contributed by atoms with van der Waals surface area (Å²) in [7, 11) is 0. The molecule has 0 saturated carbocycles. The molecule has 1 atom stereocenters. The normalized spacial score (nSPS) is 18.2. The zero-order valence-electron chi connectivity index (χ0n) is 15.4. The lowest BCUT2D eigenvalue weighted by Gasteiger charge is -2.27. The quantitative estimate of drug-likeness (QED) is 0.618. The number of pyridine rings is 2. The summed E-state index contributed by atoms with van der Waals surface area (Å²) in [5, 5.41) is 2.33. The Bertz CT molecular complexity index is 936. The standard InChI is InChI=1S/C22H25N3/c1-14(2)16-9-17(15(3)4)11-18(10-16)25-21-5-7-23-12-19(21)20-13-24-8-6-22(20)25/h5-8,10-16H,9H2,1-4H3. The van der Waals surface area contributed by atoms with E-state index in [0.717, 1.165) is 10.8 Å². The van der Waals surface area contributed by atoms with Gasteiger partial charge in [-0.1, -0.05) is 39.3 Å². The van der Waals surface area contributed by atoms with Crippen molar-refractivity contribution in [3.63, 3.8) is 0 Å². The average Bonchev–Trinajstić information content (AvgIpc) is 2.96. The van der Waals surface area contributed by atoms with Gasteiger partial charge < -0.3 is 4.57 Å². The fourth-order valence-electron chi connectivity index (χ4n) is 3.80. The smallest absolute Gasteiger partial charge is 0.0572 e. The van der Waals surface area contributed by atoms with Crippen molar-refractivity contribution in [2.24, 2.45) is 17.8 Å². The number of nitrogens with zero attached hydrogens (tertiary/aromatic N) is 3. The van der Waals surface area contributed by atoms with Crippen molar-refractivity contribution in [2.45, 2.75) is 34.1 Å². The van der Waals surface area contributed by atoms with Gasteiger partial charge in [-0.3, -0.25) is 9.97 Å². The third-order valence-corrected chi connectivity index (χ3v) is 5.41. The van der Waals surface area contributed by atoms with E-state index in [9.17, 15) is 0 Å². The molecular weight excluding hydrogens is 306 g/mol. The number of hydrogen-bond acceptors (Lipinski definition) is 2. The number of rotatable bonds is 3. The van der Waals surface area contributed by atoms with Crippen LogP contribution >= 0.6 is 0 Å². The van der Waals surface area contributed by atoms with E-state index in [1.54, 1.807) is 0 Å². The van der Waals surface area contributed by atoms with E-state index in [0.29, 0.717) is 17.8 Å². The van der Waals surface area contributed by atoms with Crippen LogP contribution in [0.2, 0.25) is 0 Å². The van der Waals surface area contributed by atoms with E-state index in [-0.39, 0.29) is 0 Å². The Kier molecular flexibility index (Phi) is 3.95. The molecule has 0 radical (unpaired) electrons. The second kappa shape index (κ2) is 6.14. The van der Waals surface area contributed by atoms with E-state index < -0.39 is 0 Å². The SMILES string of the molecule is CC(C)C1=CC(n2c3ccncc3c3cnccc32)=CC(C(C)C)C1. The van der Waals surface area contributed by atoms with E-state index in [1.807, 2.05) is 24.8 Å². The minimum absolute atomic E-state index is 0.571. The third-order valence-electron chi connectivity index (χ3n) is 5.41. The van der Waals surface area contributed by atoms with Gasteiger partial charge in [0.2, 0.25) is 0 Å². The van der Waals surface area contributed by atoms with Gasteiger partial charge in [0.05, 0.1) is 11.0 Å². The van der Waals surface area contributed by atoms with Gasteiger partial charge in [-0.25, -0.2) is 0 Å². The number of allylic oxidation sites excluding steroid dienone is 4. The van der Waals surface area contributed by atoms with Crippen LogP contribution < -0.4 is 0 Å². The maximum Gasteiger partial charge on any atom is 0.0572 e. The van der Waals surface area contributed by atoms with Crippen molar-refractivity contribution in [2.75, 3.05) is 0 Å². The molecule has 0 saturated heterocycles. The third kappa shape index (κ3) is 2.68. The van der Waals surface area contributed by atoms with Gasteiger partial charge in [-0.15, -0.1) is 0 Å². The molecule has 1 aliphatic rings. The maximum atomic E-state index is 4.33. The van der Waals surface area contributed by atoms with Crippen LogP contribution in [0.3, 0.4) is 0 Å². The summed E-state index contributed by atoms with van der Waals surface area (Å²) < 4.78 is 2.38. The molecule has 3 aromatic heterocycles. The summed E-state index contributed by atoms with van der Waals surface area (Å²) in [5.41, 5.74) is 5.22. The first-order chi connectivity index (χ1) is 12.1. The van der Waals surface area contributed by atoms with Crippen molar-refractivity contribution in [3.8, 4) is 0 Å². The highest BCUT2D eigenvalue weighted by Crippen LogP contribution is 2.37. The van der Waals surface area contributed by atoms with E-state index in [1.165, 1.54) is 28.7 Å².